The number of anilines is 1. The van der Waals surface area contributed by atoms with Crippen LogP contribution < -0.4 is 10.1 Å². The topological polar surface area (TPSA) is 27.7 Å². The molecule has 4 heteroatoms. The van der Waals surface area contributed by atoms with Gasteiger partial charge in [-0.05, 0) is 58.4 Å². The third-order valence-electron chi connectivity index (χ3n) is 3.42. The predicted octanol–water partition coefficient (Wildman–Crippen LogP) is 1.74. The van der Waals surface area contributed by atoms with Crippen LogP contribution in [0.25, 0.3) is 0 Å². The van der Waals surface area contributed by atoms with E-state index in [0.29, 0.717) is 6.04 Å². The first-order valence-corrected chi connectivity index (χ1v) is 6.96. The Bertz CT molecular complexity index is 377. The smallest absolute Gasteiger partial charge is 0.119 e. The average Bonchev–Trinajstić information content (AvgIpc) is 2.77. The Hall–Kier alpha value is -1.26. The fourth-order valence-electron chi connectivity index (χ4n) is 2.28. The van der Waals surface area contributed by atoms with E-state index in [1.165, 1.54) is 18.7 Å². The van der Waals surface area contributed by atoms with Crippen LogP contribution in [0.2, 0.25) is 0 Å². The number of likely N-dealkylation sites (N-methyl/N-ethyl adjacent to an activating group) is 2. The maximum Gasteiger partial charge on any atom is 0.119 e. The molecule has 0 amide bonds. The van der Waals surface area contributed by atoms with Gasteiger partial charge >= 0.3 is 0 Å². The zero-order valence-electron chi connectivity index (χ0n) is 12.2. The van der Waals surface area contributed by atoms with Crippen molar-refractivity contribution in [2.75, 3.05) is 52.7 Å². The van der Waals surface area contributed by atoms with Gasteiger partial charge in [0, 0.05) is 24.8 Å². The number of rotatable bonds is 6. The predicted molar refractivity (Wildman–Crippen MR) is 80.0 cm³/mol. The minimum atomic E-state index is 0.575. The van der Waals surface area contributed by atoms with Crippen molar-refractivity contribution in [3.63, 3.8) is 0 Å². The molecule has 1 atom stereocenters. The van der Waals surface area contributed by atoms with Gasteiger partial charge in [-0.2, -0.15) is 0 Å². The van der Waals surface area contributed by atoms with Gasteiger partial charge in [-0.25, -0.2) is 0 Å². The van der Waals surface area contributed by atoms with Gasteiger partial charge < -0.3 is 19.9 Å². The molecule has 1 heterocycles. The summed E-state index contributed by atoms with van der Waals surface area (Å²) in [5, 5.41) is 3.57. The van der Waals surface area contributed by atoms with Crippen LogP contribution in [0.1, 0.15) is 6.42 Å². The highest BCUT2D eigenvalue weighted by molar-refractivity contribution is 5.47. The summed E-state index contributed by atoms with van der Waals surface area (Å²) < 4.78 is 5.68. The van der Waals surface area contributed by atoms with Crippen molar-refractivity contribution in [1.29, 1.82) is 0 Å². The number of nitrogens with one attached hydrogen (secondary N) is 1. The minimum absolute atomic E-state index is 0.575. The van der Waals surface area contributed by atoms with Gasteiger partial charge in [-0.3, -0.25) is 0 Å². The van der Waals surface area contributed by atoms with Crippen LogP contribution in [0.15, 0.2) is 24.3 Å². The molecule has 0 aliphatic carbocycles. The van der Waals surface area contributed by atoms with E-state index in [1.54, 1.807) is 0 Å². The molecule has 0 saturated carbocycles. The van der Waals surface area contributed by atoms with Crippen molar-refractivity contribution in [2.45, 2.75) is 12.5 Å². The van der Waals surface area contributed by atoms with Crippen LogP contribution in [-0.4, -0.2) is 63.2 Å². The molecule has 1 N–H and O–H groups in total. The van der Waals surface area contributed by atoms with Crippen molar-refractivity contribution in [3.05, 3.63) is 24.3 Å². The zero-order valence-corrected chi connectivity index (χ0v) is 12.2. The molecule has 0 spiro atoms. The van der Waals surface area contributed by atoms with E-state index < -0.39 is 0 Å². The fraction of sp³-hybridized carbons (Fsp3) is 0.600. The van der Waals surface area contributed by atoms with Crippen LogP contribution in [0.4, 0.5) is 5.69 Å². The summed E-state index contributed by atoms with van der Waals surface area (Å²) in [5.74, 6) is 0.941. The number of hydrogen-bond acceptors (Lipinski definition) is 4. The lowest BCUT2D eigenvalue weighted by Crippen LogP contribution is -2.23. The number of benzene rings is 1. The van der Waals surface area contributed by atoms with Crippen molar-refractivity contribution >= 4 is 5.69 Å². The molecule has 2 rings (SSSR count). The molecule has 19 heavy (non-hydrogen) atoms. The van der Waals surface area contributed by atoms with E-state index in [0.717, 1.165) is 25.4 Å². The summed E-state index contributed by atoms with van der Waals surface area (Å²) in [6.45, 7) is 3.98. The number of ether oxygens (including phenoxy) is 1. The van der Waals surface area contributed by atoms with Crippen LogP contribution in [0.5, 0.6) is 5.75 Å². The second kappa shape index (κ2) is 6.78. The first kappa shape index (κ1) is 14.2. The maximum atomic E-state index is 5.68. The van der Waals surface area contributed by atoms with E-state index in [2.05, 4.69) is 48.4 Å². The highest BCUT2D eigenvalue weighted by Crippen LogP contribution is 2.18. The molecular formula is C15H25N3O. The molecule has 0 radical (unpaired) electrons. The van der Waals surface area contributed by atoms with Gasteiger partial charge in [0.1, 0.15) is 12.4 Å². The van der Waals surface area contributed by atoms with Crippen LogP contribution in [-0.2, 0) is 0 Å². The van der Waals surface area contributed by atoms with Crippen molar-refractivity contribution in [3.8, 4) is 5.75 Å². The molecule has 0 aromatic heterocycles. The summed E-state index contributed by atoms with van der Waals surface area (Å²) in [4.78, 5) is 4.48. The molecule has 4 nitrogen and oxygen atoms in total. The fourth-order valence-corrected chi connectivity index (χ4v) is 2.28. The molecular weight excluding hydrogens is 238 g/mol. The Morgan fingerprint density at radius 1 is 1.32 bits per heavy atom. The van der Waals surface area contributed by atoms with Gasteiger partial charge in [-0.1, -0.05) is 0 Å². The highest BCUT2D eigenvalue weighted by Gasteiger charge is 2.18. The number of hydrogen-bond donors (Lipinski definition) is 1. The monoisotopic (exact) mass is 263 g/mol. The van der Waals surface area contributed by atoms with Crippen molar-refractivity contribution in [2.24, 2.45) is 0 Å². The maximum absolute atomic E-state index is 5.68. The molecule has 1 aromatic carbocycles. The molecule has 1 aliphatic rings. The standard InChI is InChI=1S/C15H25N3O/c1-17(2)10-11-19-15-6-4-13(5-7-15)16-14-8-9-18(3)12-14/h4-7,14,16H,8-12H2,1-3H3. The largest absolute Gasteiger partial charge is 0.492 e. The zero-order chi connectivity index (χ0) is 13.7. The van der Waals surface area contributed by atoms with E-state index in [9.17, 15) is 0 Å². The van der Waals surface area contributed by atoms with E-state index in [1.807, 2.05) is 12.1 Å². The Morgan fingerprint density at radius 3 is 2.63 bits per heavy atom. The number of nitrogens with zero attached hydrogens (tertiary/aromatic N) is 2. The van der Waals surface area contributed by atoms with Crippen molar-refractivity contribution in [1.82, 2.24) is 9.80 Å². The minimum Gasteiger partial charge on any atom is -0.492 e. The SMILES string of the molecule is CN(C)CCOc1ccc(NC2CCN(C)C2)cc1. The lowest BCUT2D eigenvalue weighted by atomic mass is 10.2. The Labute approximate surface area is 116 Å². The van der Waals surface area contributed by atoms with Crippen molar-refractivity contribution < 1.29 is 4.74 Å². The van der Waals surface area contributed by atoms with Crippen LogP contribution in [0.3, 0.4) is 0 Å². The van der Waals surface area contributed by atoms with Crippen LogP contribution in [0, 0.1) is 0 Å². The molecule has 1 saturated heterocycles. The second-order valence-corrected chi connectivity index (χ2v) is 5.57. The summed E-state index contributed by atoms with van der Waals surface area (Å²) in [7, 11) is 6.27. The van der Waals surface area contributed by atoms with Gasteiger partial charge in [0.15, 0.2) is 0 Å². The highest BCUT2D eigenvalue weighted by atomic mass is 16.5. The molecule has 1 unspecified atom stereocenters. The second-order valence-electron chi connectivity index (χ2n) is 5.57. The summed E-state index contributed by atoms with van der Waals surface area (Å²) in [6, 6.07) is 8.85. The molecule has 1 fully saturated rings. The third kappa shape index (κ3) is 4.73. The molecule has 1 aliphatic heterocycles. The van der Waals surface area contributed by atoms with E-state index in [4.69, 9.17) is 4.74 Å². The Morgan fingerprint density at radius 2 is 2.05 bits per heavy atom. The Kier molecular flexibility index (Phi) is 5.05. The lowest BCUT2D eigenvalue weighted by molar-refractivity contribution is 0.261. The van der Waals surface area contributed by atoms with E-state index >= 15 is 0 Å². The average molecular weight is 263 g/mol. The van der Waals surface area contributed by atoms with Gasteiger partial charge in [-0.15, -0.1) is 0 Å². The number of likely N-dealkylation sites (tertiary alicyclic amines) is 1. The molecule has 0 bridgehead atoms. The quantitative estimate of drug-likeness (QED) is 0.846. The first-order chi connectivity index (χ1) is 9.13. The van der Waals surface area contributed by atoms with Gasteiger partial charge in [0.25, 0.3) is 0 Å². The summed E-state index contributed by atoms with van der Waals surface area (Å²) in [6.07, 6.45) is 1.22. The normalized spacial score (nSPS) is 19.9. The molecule has 106 valence electrons. The Balaban J connectivity index is 1.78. The lowest BCUT2D eigenvalue weighted by Gasteiger charge is -2.15. The van der Waals surface area contributed by atoms with Crippen LogP contribution >= 0.6 is 0 Å². The third-order valence-corrected chi connectivity index (χ3v) is 3.42. The summed E-state index contributed by atoms with van der Waals surface area (Å²) in [5.41, 5.74) is 1.18. The molecule has 1 aromatic rings. The summed E-state index contributed by atoms with van der Waals surface area (Å²) >= 11 is 0. The first-order valence-electron chi connectivity index (χ1n) is 6.96. The van der Waals surface area contributed by atoms with E-state index in [-0.39, 0.29) is 0 Å². The van der Waals surface area contributed by atoms with Gasteiger partial charge in [0.05, 0.1) is 0 Å². The van der Waals surface area contributed by atoms with Gasteiger partial charge in [0.2, 0.25) is 0 Å².